The zero-order valence-corrected chi connectivity index (χ0v) is 9.92. The van der Waals surface area contributed by atoms with Crippen molar-refractivity contribution in [3.05, 3.63) is 29.8 Å². The number of aryl methyl sites for hydroxylation is 1. The maximum absolute atomic E-state index is 14.3. The Kier molecular flexibility index (Phi) is 3.43. The predicted molar refractivity (Wildman–Crippen MR) is 65.8 cm³/mol. The molecule has 0 bridgehead atoms. The van der Waals surface area contributed by atoms with Gasteiger partial charge in [0.1, 0.15) is 0 Å². The Morgan fingerprint density at radius 2 is 2.35 bits per heavy atom. The number of anilines is 1. The molecule has 17 heavy (non-hydrogen) atoms. The molecule has 1 unspecified atom stereocenters. The molecule has 2 rings (SSSR count). The van der Waals surface area contributed by atoms with Crippen LogP contribution in [0.3, 0.4) is 0 Å². The second kappa shape index (κ2) is 4.84. The van der Waals surface area contributed by atoms with Crippen LogP contribution in [0, 0.1) is 6.92 Å². The lowest BCUT2D eigenvalue weighted by Gasteiger charge is -2.28. The summed E-state index contributed by atoms with van der Waals surface area (Å²) in [6.45, 7) is 2.82. The quantitative estimate of drug-likeness (QED) is 0.825. The Bertz CT molecular complexity index is 414. The van der Waals surface area contributed by atoms with Gasteiger partial charge in [0.2, 0.25) is 5.67 Å². The van der Waals surface area contributed by atoms with E-state index in [9.17, 15) is 9.18 Å². The Morgan fingerprint density at radius 1 is 1.53 bits per heavy atom. The summed E-state index contributed by atoms with van der Waals surface area (Å²) < 4.78 is 14.3. The third-order valence-corrected chi connectivity index (χ3v) is 3.01. The van der Waals surface area contributed by atoms with Crippen LogP contribution in [-0.2, 0) is 4.79 Å². The molecular weight excluding hydrogens is 219 g/mol. The lowest BCUT2D eigenvalue weighted by molar-refractivity contribution is -0.128. The minimum absolute atomic E-state index is 0.102. The number of nitrogens with one attached hydrogen (secondary N) is 2. The molecule has 1 atom stereocenters. The molecule has 92 valence electrons. The lowest BCUT2D eigenvalue weighted by Crippen LogP contribution is -2.50. The van der Waals surface area contributed by atoms with E-state index >= 15 is 0 Å². The number of hydrogen-bond donors (Lipinski definition) is 2. The average molecular weight is 236 g/mol. The summed E-state index contributed by atoms with van der Waals surface area (Å²) in [5.74, 6) is -0.546. The molecule has 0 radical (unpaired) electrons. The molecule has 0 saturated carbocycles. The van der Waals surface area contributed by atoms with E-state index in [-0.39, 0.29) is 13.0 Å². The smallest absolute Gasteiger partial charge is 0.263 e. The van der Waals surface area contributed by atoms with E-state index in [1.54, 1.807) is 6.07 Å². The number of benzene rings is 1. The number of rotatable bonds is 2. The van der Waals surface area contributed by atoms with Crippen molar-refractivity contribution in [3.8, 4) is 0 Å². The Morgan fingerprint density at radius 3 is 3.00 bits per heavy atom. The molecule has 0 aliphatic carbocycles. The first-order valence-electron chi connectivity index (χ1n) is 5.88. The van der Waals surface area contributed by atoms with Crippen LogP contribution in [0.4, 0.5) is 10.1 Å². The van der Waals surface area contributed by atoms with Crippen LogP contribution in [0.5, 0.6) is 0 Å². The molecule has 1 aliphatic heterocycles. The van der Waals surface area contributed by atoms with Crippen LogP contribution in [0.2, 0.25) is 0 Å². The topological polar surface area (TPSA) is 41.1 Å². The molecule has 1 fully saturated rings. The van der Waals surface area contributed by atoms with Crippen molar-refractivity contribution in [2.75, 3.05) is 18.4 Å². The number of amides is 1. The van der Waals surface area contributed by atoms with Gasteiger partial charge in [0.15, 0.2) is 0 Å². The molecule has 0 aromatic heterocycles. The summed E-state index contributed by atoms with van der Waals surface area (Å²) in [6, 6.07) is 7.38. The van der Waals surface area contributed by atoms with Crippen molar-refractivity contribution in [1.29, 1.82) is 0 Å². The van der Waals surface area contributed by atoms with Gasteiger partial charge in [0.25, 0.3) is 5.91 Å². The number of hydrogen-bond acceptors (Lipinski definition) is 2. The van der Waals surface area contributed by atoms with E-state index in [0.29, 0.717) is 12.1 Å². The standard InChI is InChI=1S/C13H17FN2O/c1-10-4-2-5-11(8-10)16-12(17)13(14)6-3-7-15-9-13/h2,4-5,8,15H,3,6-7,9H2,1H3,(H,16,17). The molecule has 1 amide bonds. The Balaban J connectivity index is 2.05. The number of carbonyl (C=O) groups excluding carboxylic acids is 1. The van der Waals surface area contributed by atoms with Crippen LogP contribution in [0.15, 0.2) is 24.3 Å². The minimum atomic E-state index is -1.78. The first kappa shape index (κ1) is 12.0. The average Bonchev–Trinajstić information content (AvgIpc) is 2.30. The summed E-state index contributed by atoms with van der Waals surface area (Å²) in [7, 11) is 0. The molecule has 1 aromatic carbocycles. The van der Waals surface area contributed by atoms with Gasteiger partial charge in [-0.15, -0.1) is 0 Å². The number of alkyl halides is 1. The van der Waals surface area contributed by atoms with Crippen LogP contribution in [-0.4, -0.2) is 24.7 Å². The van der Waals surface area contributed by atoms with Crippen LogP contribution < -0.4 is 10.6 Å². The van der Waals surface area contributed by atoms with Crippen molar-refractivity contribution in [2.24, 2.45) is 0 Å². The monoisotopic (exact) mass is 236 g/mol. The third-order valence-electron chi connectivity index (χ3n) is 3.01. The maximum Gasteiger partial charge on any atom is 0.263 e. The highest BCUT2D eigenvalue weighted by atomic mass is 19.1. The lowest BCUT2D eigenvalue weighted by atomic mass is 9.95. The number of carbonyl (C=O) groups is 1. The molecule has 3 nitrogen and oxygen atoms in total. The molecule has 1 aliphatic rings. The van der Waals surface area contributed by atoms with Crippen molar-refractivity contribution >= 4 is 11.6 Å². The van der Waals surface area contributed by atoms with E-state index < -0.39 is 11.6 Å². The normalized spacial score (nSPS) is 24.4. The second-order valence-corrected chi connectivity index (χ2v) is 4.57. The van der Waals surface area contributed by atoms with Gasteiger partial charge in [-0.1, -0.05) is 12.1 Å². The first-order valence-corrected chi connectivity index (χ1v) is 5.88. The van der Waals surface area contributed by atoms with Gasteiger partial charge in [-0.25, -0.2) is 4.39 Å². The van der Waals surface area contributed by atoms with E-state index in [1.165, 1.54) is 0 Å². The van der Waals surface area contributed by atoms with Crippen molar-refractivity contribution in [1.82, 2.24) is 5.32 Å². The highest BCUT2D eigenvalue weighted by Crippen LogP contribution is 2.23. The van der Waals surface area contributed by atoms with E-state index in [0.717, 1.165) is 12.1 Å². The fourth-order valence-corrected chi connectivity index (χ4v) is 2.03. The first-order chi connectivity index (χ1) is 8.10. The van der Waals surface area contributed by atoms with Gasteiger partial charge in [-0.2, -0.15) is 0 Å². The minimum Gasteiger partial charge on any atom is -0.323 e. The highest BCUT2D eigenvalue weighted by molar-refractivity contribution is 5.97. The van der Waals surface area contributed by atoms with E-state index in [2.05, 4.69) is 10.6 Å². The van der Waals surface area contributed by atoms with Gasteiger partial charge in [-0.3, -0.25) is 4.79 Å². The predicted octanol–water partition coefficient (Wildman–Crippen LogP) is 2.03. The van der Waals surface area contributed by atoms with Crippen molar-refractivity contribution in [3.63, 3.8) is 0 Å². The number of piperidine rings is 1. The van der Waals surface area contributed by atoms with Gasteiger partial charge < -0.3 is 10.6 Å². The summed E-state index contributed by atoms with van der Waals surface area (Å²) >= 11 is 0. The van der Waals surface area contributed by atoms with E-state index in [1.807, 2.05) is 25.1 Å². The highest BCUT2D eigenvalue weighted by Gasteiger charge is 2.39. The summed E-state index contributed by atoms with van der Waals surface area (Å²) in [5, 5.41) is 5.56. The van der Waals surface area contributed by atoms with Gasteiger partial charge in [0, 0.05) is 12.2 Å². The zero-order chi connectivity index (χ0) is 12.3. The van der Waals surface area contributed by atoms with E-state index in [4.69, 9.17) is 0 Å². The Hall–Kier alpha value is -1.42. The largest absolute Gasteiger partial charge is 0.323 e. The SMILES string of the molecule is Cc1cccc(NC(=O)C2(F)CCCNC2)c1. The molecule has 1 aromatic rings. The second-order valence-electron chi connectivity index (χ2n) is 4.57. The molecule has 1 heterocycles. The van der Waals surface area contributed by atoms with Crippen LogP contribution in [0.25, 0.3) is 0 Å². The summed E-state index contributed by atoms with van der Waals surface area (Å²) in [6.07, 6.45) is 0.982. The van der Waals surface area contributed by atoms with Gasteiger partial charge in [-0.05, 0) is 44.0 Å². The van der Waals surface area contributed by atoms with Gasteiger partial charge in [0.05, 0.1) is 0 Å². The molecule has 4 heteroatoms. The molecular formula is C13H17FN2O. The Labute approximate surface area is 100 Å². The number of halogens is 1. The van der Waals surface area contributed by atoms with Crippen molar-refractivity contribution in [2.45, 2.75) is 25.4 Å². The molecule has 0 spiro atoms. The maximum atomic E-state index is 14.3. The fraction of sp³-hybridized carbons (Fsp3) is 0.462. The fourth-order valence-electron chi connectivity index (χ4n) is 2.03. The molecule has 2 N–H and O–H groups in total. The van der Waals surface area contributed by atoms with Crippen molar-refractivity contribution < 1.29 is 9.18 Å². The van der Waals surface area contributed by atoms with Crippen LogP contribution in [0.1, 0.15) is 18.4 Å². The summed E-state index contributed by atoms with van der Waals surface area (Å²) in [5.41, 5.74) is -0.0859. The summed E-state index contributed by atoms with van der Waals surface area (Å²) in [4.78, 5) is 11.9. The molecule has 1 saturated heterocycles. The third kappa shape index (κ3) is 2.82. The van der Waals surface area contributed by atoms with Gasteiger partial charge >= 0.3 is 0 Å². The zero-order valence-electron chi connectivity index (χ0n) is 9.92. The van der Waals surface area contributed by atoms with Crippen LogP contribution >= 0.6 is 0 Å².